The third-order valence-electron chi connectivity index (χ3n) is 7.64. The Morgan fingerprint density at radius 1 is 0.828 bits per heavy atom. The maximum absolute atomic E-state index is 6.47. The van der Waals surface area contributed by atoms with E-state index in [2.05, 4.69) is 25.8 Å². The average Bonchev–Trinajstić information content (AvgIpc) is 3.08. The summed E-state index contributed by atoms with van der Waals surface area (Å²) < 4.78 is 6.47. The van der Waals surface area contributed by atoms with Gasteiger partial charge in [0.1, 0.15) is 6.10 Å². The van der Waals surface area contributed by atoms with Crippen molar-refractivity contribution in [2.45, 2.75) is 46.1 Å². The van der Waals surface area contributed by atoms with Crippen LogP contribution >= 0.6 is 0 Å². The Labute approximate surface area is 172 Å². The smallest absolute Gasteiger partial charge is 0.214 e. The second-order valence-corrected chi connectivity index (χ2v) is 9.20. The topological polar surface area (TPSA) is 47.9 Å². The lowest BCUT2D eigenvalue weighted by Gasteiger charge is -2.38. The van der Waals surface area contributed by atoms with E-state index in [1.807, 2.05) is 54.6 Å². The summed E-state index contributed by atoms with van der Waals surface area (Å²) in [6.45, 7) is 7.21. The van der Waals surface area contributed by atoms with Gasteiger partial charge in [-0.3, -0.25) is 4.98 Å². The molecule has 0 radical (unpaired) electrons. The minimum Gasteiger partial charge on any atom is -0.474 e. The van der Waals surface area contributed by atoms with Gasteiger partial charge < -0.3 is 4.74 Å². The third-order valence-corrected chi connectivity index (χ3v) is 7.64. The summed E-state index contributed by atoms with van der Waals surface area (Å²) in [6.07, 6.45) is 5.70. The predicted molar refractivity (Wildman–Crippen MR) is 114 cm³/mol. The highest BCUT2D eigenvalue weighted by molar-refractivity contribution is 5.61. The van der Waals surface area contributed by atoms with Gasteiger partial charge in [0.15, 0.2) is 0 Å². The second kappa shape index (κ2) is 6.65. The van der Waals surface area contributed by atoms with Crippen molar-refractivity contribution >= 4 is 0 Å². The molecular formula is C25H27N3O. The lowest BCUT2D eigenvalue weighted by Crippen LogP contribution is -2.39. The van der Waals surface area contributed by atoms with Gasteiger partial charge in [-0.05, 0) is 60.9 Å². The average molecular weight is 386 g/mol. The Morgan fingerprint density at radius 3 is 2.17 bits per heavy atom. The Hall–Kier alpha value is -2.75. The van der Waals surface area contributed by atoms with Crippen LogP contribution in [0.2, 0.25) is 0 Å². The summed E-state index contributed by atoms with van der Waals surface area (Å²) in [4.78, 5) is 14.0. The molecule has 3 atom stereocenters. The van der Waals surface area contributed by atoms with Crippen LogP contribution in [0, 0.1) is 16.7 Å². The molecular weight excluding hydrogens is 358 g/mol. The molecule has 4 nitrogen and oxygen atoms in total. The molecule has 5 rings (SSSR count). The molecule has 0 amide bonds. The molecule has 29 heavy (non-hydrogen) atoms. The summed E-state index contributed by atoms with van der Waals surface area (Å²) >= 11 is 0. The van der Waals surface area contributed by atoms with Crippen molar-refractivity contribution in [1.29, 1.82) is 0 Å². The molecule has 0 spiro atoms. The van der Waals surface area contributed by atoms with E-state index in [1.54, 1.807) is 6.20 Å². The van der Waals surface area contributed by atoms with Crippen LogP contribution in [0.25, 0.3) is 22.8 Å². The summed E-state index contributed by atoms with van der Waals surface area (Å²) in [5.74, 6) is 1.44. The van der Waals surface area contributed by atoms with Crippen LogP contribution < -0.4 is 4.74 Å². The van der Waals surface area contributed by atoms with Crippen molar-refractivity contribution in [3.05, 3.63) is 60.8 Å². The number of ether oxygens (including phenoxy) is 1. The Morgan fingerprint density at radius 2 is 1.52 bits per heavy atom. The molecule has 2 bridgehead atoms. The van der Waals surface area contributed by atoms with Crippen LogP contribution in [0.4, 0.5) is 0 Å². The van der Waals surface area contributed by atoms with Crippen molar-refractivity contribution < 1.29 is 4.74 Å². The van der Waals surface area contributed by atoms with E-state index >= 15 is 0 Å². The molecule has 3 aromatic heterocycles. The van der Waals surface area contributed by atoms with Crippen LogP contribution in [0.15, 0.2) is 60.8 Å². The zero-order valence-corrected chi connectivity index (χ0v) is 17.3. The van der Waals surface area contributed by atoms with Gasteiger partial charge >= 0.3 is 0 Å². The third kappa shape index (κ3) is 2.93. The lowest BCUT2D eigenvalue weighted by atomic mass is 9.70. The Kier molecular flexibility index (Phi) is 4.19. The fourth-order valence-corrected chi connectivity index (χ4v) is 5.31. The standard InChI is InChI=1S/C25H27N3O/c1-24(2)17-13-14-25(24,3)22(16-17)29-23-12-7-11-21(28-23)20-10-6-9-19(27-20)18-8-4-5-15-26-18/h4-12,15,17,22H,13-14,16H2,1-3H3/t17-,22+,25+/m1/s1. The minimum atomic E-state index is 0.215. The molecule has 3 heterocycles. The Balaban J connectivity index is 1.42. The molecule has 2 saturated carbocycles. The lowest BCUT2D eigenvalue weighted by molar-refractivity contribution is 0.0274. The van der Waals surface area contributed by atoms with Gasteiger partial charge in [-0.2, -0.15) is 0 Å². The van der Waals surface area contributed by atoms with E-state index in [9.17, 15) is 0 Å². The Bertz CT molecular complexity index is 1030. The highest BCUT2D eigenvalue weighted by atomic mass is 16.5. The van der Waals surface area contributed by atoms with Gasteiger partial charge in [0.05, 0.1) is 22.8 Å². The molecule has 148 valence electrons. The van der Waals surface area contributed by atoms with Crippen LogP contribution in [0.3, 0.4) is 0 Å². The number of rotatable bonds is 4. The SMILES string of the molecule is CC1(C)[C@@H]2CC[C@@]1(C)[C@@H](Oc1cccc(-c3cccc(-c4ccccn4)n3)n1)C2. The quantitative estimate of drug-likeness (QED) is 0.569. The number of aromatic nitrogens is 3. The number of pyridine rings is 3. The van der Waals surface area contributed by atoms with E-state index in [1.165, 1.54) is 12.8 Å². The van der Waals surface area contributed by atoms with Crippen molar-refractivity contribution in [3.8, 4) is 28.7 Å². The fraction of sp³-hybridized carbons (Fsp3) is 0.400. The molecule has 0 saturated heterocycles. The normalized spacial score (nSPS) is 27.1. The molecule has 0 N–H and O–H groups in total. The second-order valence-electron chi connectivity index (χ2n) is 9.20. The van der Waals surface area contributed by atoms with Crippen molar-refractivity contribution in [2.24, 2.45) is 16.7 Å². The van der Waals surface area contributed by atoms with Crippen molar-refractivity contribution in [3.63, 3.8) is 0 Å². The molecule has 0 aliphatic heterocycles. The maximum atomic E-state index is 6.47. The van der Waals surface area contributed by atoms with Gasteiger partial charge in [0.25, 0.3) is 0 Å². The molecule has 4 heteroatoms. The highest BCUT2D eigenvalue weighted by Crippen LogP contribution is 2.66. The van der Waals surface area contributed by atoms with Gasteiger partial charge in [-0.15, -0.1) is 0 Å². The zero-order chi connectivity index (χ0) is 20.1. The van der Waals surface area contributed by atoms with Gasteiger partial charge in [0.2, 0.25) is 5.88 Å². The molecule has 2 fully saturated rings. The minimum absolute atomic E-state index is 0.215. The first kappa shape index (κ1) is 18.3. The van der Waals surface area contributed by atoms with Crippen molar-refractivity contribution in [1.82, 2.24) is 15.0 Å². The van der Waals surface area contributed by atoms with E-state index < -0.39 is 0 Å². The monoisotopic (exact) mass is 385 g/mol. The van der Waals surface area contributed by atoms with Crippen LogP contribution in [-0.4, -0.2) is 21.1 Å². The molecule has 2 aliphatic carbocycles. The van der Waals surface area contributed by atoms with Gasteiger partial charge in [0, 0.05) is 17.7 Å². The first-order valence-corrected chi connectivity index (χ1v) is 10.5. The van der Waals surface area contributed by atoms with E-state index in [4.69, 9.17) is 14.7 Å². The van der Waals surface area contributed by atoms with Crippen LogP contribution in [-0.2, 0) is 0 Å². The number of hydrogen-bond donors (Lipinski definition) is 0. The molecule has 2 aliphatic rings. The number of fused-ring (bicyclic) bond motifs is 2. The van der Waals surface area contributed by atoms with Crippen LogP contribution in [0.1, 0.15) is 40.0 Å². The summed E-state index contributed by atoms with van der Waals surface area (Å²) in [7, 11) is 0. The molecule has 3 aromatic rings. The number of hydrogen-bond acceptors (Lipinski definition) is 4. The highest BCUT2D eigenvalue weighted by Gasteiger charge is 2.62. The number of nitrogens with zero attached hydrogens (tertiary/aromatic N) is 3. The van der Waals surface area contributed by atoms with E-state index in [0.29, 0.717) is 11.3 Å². The summed E-state index contributed by atoms with van der Waals surface area (Å²) in [6, 6.07) is 17.8. The molecule has 0 unspecified atom stereocenters. The first-order valence-electron chi connectivity index (χ1n) is 10.5. The van der Waals surface area contributed by atoms with Gasteiger partial charge in [-0.25, -0.2) is 9.97 Å². The predicted octanol–water partition coefficient (Wildman–Crippen LogP) is 5.80. The van der Waals surface area contributed by atoms with E-state index in [-0.39, 0.29) is 11.5 Å². The first-order chi connectivity index (χ1) is 14.0. The summed E-state index contributed by atoms with van der Waals surface area (Å²) in [5.41, 5.74) is 3.91. The molecule has 0 aromatic carbocycles. The van der Waals surface area contributed by atoms with Crippen LogP contribution in [0.5, 0.6) is 5.88 Å². The zero-order valence-electron chi connectivity index (χ0n) is 17.3. The fourth-order valence-electron chi connectivity index (χ4n) is 5.31. The largest absolute Gasteiger partial charge is 0.474 e. The van der Waals surface area contributed by atoms with Crippen molar-refractivity contribution in [2.75, 3.05) is 0 Å². The van der Waals surface area contributed by atoms with E-state index in [0.717, 1.165) is 35.1 Å². The maximum Gasteiger partial charge on any atom is 0.214 e. The summed E-state index contributed by atoms with van der Waals surface area (Å²) in [5, 5.41) is 0. The van der Waals surface area contributed by atoms with Gasteiger partial charge in [-0.1, -0.05) is 39.0 Å².